The SMILES string of the molecule is COc1cccc(CNc2nc3ccc(OCC(COC(N)=O)=C(F)C(C)(C)C)cc3o2)c1. The number of carbonyl (C=O) groups excluding carboxylic acids is 1. The van der Waals surface area contributed by atoms with Gasteiger partial charge in [0.05, 0.1) is 7.11 Å². The van der Waals surface area contributed by atoms with Gasteiger partial charge in [0.15, 0.2) is 5.58 Å². The van der Waals surface area contributed by atoms with Crippen LogP contribution in [-0.4, -0.2) is 31.4 Å². The minimum atomic E-state index is -0.980. The van der Waals surface area contributed by atoms with E-state index < -0.39 is 17.3 Å². The summed E-state index contributed by atoms with van der Waals surface area (Å²) in [6.45, 7) is 5.25. The van der Waals surface area contributed by atoms with E-state index in [0.29, 0.717) is 29.4 Å². The molecule has 0 aliphatic rings. The number of anilines is 1. The van der Waals surface area contributed by atoms with Crippen molar-refractivity contribution in [1.29, 1.82) is 0 Å². The molecule has 3 N–H and O–H groups in total. The number of amides is 1. The zero-order chi connectivity index (χ0) is 24.0. The van der Waals surface area contributed by atoms with Crippen LogP contribution in [0.1, 0.15) is 26.3 Å². The highest BCUT2D eigenvalue weighted by atomic mass is 19.1. The number of nitrogens with zero attached hydrogens (tertiary/aromatic N) is 1. The van der Waals surface area contributed by atoms with Gasteiger partial charge in [-0.05, 0) is 29.8 Å². The maximum atomic E-state index is 14.8. The number of nitrogens with one attached hydrogen (secondary N) is 1. The van der Waals surface area contributed by atoms with Gasteiger partial charge in [-0.25, -0.2) is 9.18 Å². The Balaban J connectivity index is 1.69. The Morgan fingerprint density at radius 1 is 1.15 bits per heavy atom. The summed E-state index contributed by atoms with van der Waals surface area (Å²) in [5.74, 6) is 0.802. The standard InChI is InChI=1S/C24H28FN3O5/c1-24(2,3)21(25)16(14-32-22(26)29)13-31-18-8-9-19-20(11-18)33-23(28-19)27-12-15-6-5-7-17(10-15)30-4/h5-11H,12-14H2,1-4H3,(H2,26,29)(H,27,28). The summed E-state index contributed by atoms with van der Waals surface area (Å²) in [6, 6.07) is 13.1. The van der Waals surface area contributed by atoms with Crippen LogP contribution in [0.2, 0.25) is 0 Å². The molecule has 1 aromatic heterocycles. The quantitative estimate of drug-likeness (QED) is 0.455. The molecule has 0 saturated carbocycles. The molecule has 0 aliphatic heterocycles. The van der Waals surface area contributed by atoms with E-state index in [4.69, 9.17) is 24.4 Å². The van der Waals surface area contributed by atoms with Crippen molar-refractivity contribution in [3.05, 3.63) is 59.4 Å². The van der Waals surface area contributed by atoms with E-state index in [1.165, 1.54) is 0 Å². The lowest BCUT2D eigenvalue weighted by Gasteiger charge is -2.20. The Kier molecular flexibility index (Phi) is 7.42. The van der Waals surface area contributed by atoms with Gasteiger partial charge in [0, 0.05) is 23.6 Å². The highest BCUT2D eigenvalue weighted by molar-refractivity contribution is 5.76. The summed E-state index contributed by atoms with van der Waals surface area (Å²) >= 11 is 0. The molecule has 0 spiro atoms. The number of aromatic nitrogens is 1. The molecule has 2 aromatic carbocycles. The van der Waals surface area contributed by atoms with Crippen LogP contribution in [0.25, 0.3) is 11.1 Å². The summed E-state index contributed by atoms with van der Waals surface area (Å²) < 4.78 is 36.3. The lowest BCUT2D eigenvalue weighted by molar-refractivity contribution is 0.160. The van der Waals surface area contributed by atoms with Crippen molar-refractivity contribution in [2.45, 2.75) is 27.3 Å². The number of rotatable bonds is 9. The van der Waals surface area contributed by atoms with Gasteiger partial charge in [0.25, 0.3) is 6.01 Å². The first kappa shape index (κ1) is 23.9. The fraction of sp³-hybridized carbons (Fsp3) is 0.333. The van der Waals surface area contributed by atoms with Crippen LogP contribution in [0, 0.1) is 5.41 Å². The molecule has 3 aromatic rings. The second-order valence-corrected chi connectivity index (χ2v) is 8.42. The number of benzene rings is 2. The van der Waals surface area contributed by atoms with E-state index in [0.717, 1.165) is 11.3 Å². The van der Waals surface area contributed by atoms with Gasteiger partial charge >= 0.3 is 6.09 Å². The number of methoxy groups -OCH3 is 1. The molecule has 0 radical (unpaired) electrons. The fourth-order valence-electron chi connectivity index (χ4n) is 3.06. The number of carbonyl (C=O) groups is 1. The van der Waals surface area contributed by atoms with Crippen LogP contribution in [-0.2, 0) is 11.3 Å². The molecular weight excluding hydrogens is 429 g/mol. The van der Waals surface area contributed by atoms with Gasteiger partial charge in [-0.15, -0.1) is 0 Å². The smallest absolute Gasteiger partial charge is 0.404 e. The lowest BCUT2D eigenvalue weighted by Crippen LogP contribution is -2.20. The summed E-state index contributed by atoms with van der Waals surface area (Å²) in [5, 5.41) is 3.14. The van der Waals surface area contributed by atoms with Crippen molar-refractivity contribution in [2.24, 2.45) is 11.1 Å². The molecule has 0 unspecified atom stereocenters. The average molecular weight is 458 g/mol. The molecule has 33 heavy (non-hydrogen) atoms. The van der Waals surface area contributed by atoms with Crippen LogP contribution < -0.4 is 20.5 Å². The van der Waals surface area contributed by atoms with Crippen molar-refractivity contribution in [1.82, 2.24) is 4.98 Å². The first-order valence-corrected chi connectivity index (χ1v) is 10.4. The highest BCUT2D eigenvalue weighted by Crippen LogP contribution is 2.30. The topological polar surface area (TPSA) is 109 Å². The second-order valence-electron chi connectivity index (χ2n) is 8.42. The molecule has 0 saturated heterocycles. The molecule has 0 atom stereocenters. The van der Waals surface area contributed by atoms with Gasteiger partial charge in [-0.1, -0.05) is 32.9 Å². The molecule has 8 nitrogen and oxygen atoms in total. The molecule has 3 rings (SSSR count). The summed E-state index contributed by atoms with van der Waals surface area (Å²) in [7, 11) is 1.62. The highest BCUT2D eigenvalue weighted by Gasteiger charge is 2.23. The van der Waals surface area contributed by atoms with Gasteiger partial charge in [-0.2, -0.15) is 4.98 Å². The third-order valence-electron chi connectivity index (χ3n) is 4.71. The van der Waals surface area contributed by atoms with Gasteiger partial charge in [0.2, 0.25) is 0 Å². The first-order valence-electron chi connectivity index (χ1n) is 10.4. The Morgan fingerprint density at radius 3 is 2.64 bits per heavy atom. The van der Waals surface area contributed by atoms with E-state index in [2.05, 4.69) is 10.3 Å². The summed E-state index contributed by atoms with van der Waals surface area (Å²) in [4.78, 5) is 15.4. The Labute approximate surface area is 191 Å². The molecule has 176 valence electrons. The largest absolute Gasteiger partial charge is 0.497 e. The van der Waals surface area contributed by atoms with Crippen molar-refractivity contribution >= 4 is 23.2 Å². The number of halogens is 1. The van der Waals surface area contributed by atoms with Crippen molar-refractivity contribution in [2.75, 3.05) is 25.6 Å². The van der Waals surface area contributed by atoms with Gasteiger partial charge in [0.1, 0.15) is 36.1 Å². The summed E-state index contributed by atoms with van der Waals surface area (Å²) in [5.41, 5.74) is 6.61. The number of ether oxygens (including phenoxy) is 3. The fourth-order valence-corrected chi connectivity index (χ4v) is 3.06. The number of nitrogens with two attached hydrogens (primary N) is 1. The first-order chi connectivity index (χ1) is 15.7. The average Bonchev–Trinajstić information content (AvgIpc) is 3.19. The third kappa shape index (κ3) is 6.61. The maximum absolute atomic E-state index is 14.8. The molecule has 0 aliphatic carbocycles. The third-order valence-corrected chi connectivity index (χ3v) is 4.71. The van der Waals surface area contributed by atoms with Crippen LogP contribution in [0.5, 0.6) is 11.5 Å². The van der Waals surface area contributed by atoms with E-state index >= 15 is 0 Å². The molecule has 0 fully saturated rings. The van der Waals surface area contributed by atoms with Crippen molar-refractivity contribution in [3.8, 4) is 11.5 Å². The Hall–Kier alpha value is -3.75. The second kappa shape index (κ2) is 10.2. The Morgan fingerprint density at radius 2 is 1.94 bits per heavy atom. The maximum Gasteiger partial charge on any atom is 0.404 e. The predicted octanol–water partition coefficient (Wildman–Crippen LogP) is 5.19. The van der Waals surface area contributed by atoms with Gasteiger partial charge < -0.3 is 29.7 Å². The minimum absolute atomic E-state index is 0.114. The van der Waals surface area contributed by atoms with Crippen LogP contribution in [0.15, 0.2) is 58.3 Å². The van der Waals surface area contributed by atoms with Crippen LogP contribution >= 0.6 is 0 Å². The number of allylic oxidation sites excluding steroid dienone is 1. The molecule has 9 heteroatoms. The zero-order valence-electron chi connectivity index (χ0n) is 19.1. The molecule has 1 amide bonds. The van der Waals surface area contributed by atoms with Crippen molar-refractivity contribution in [3.63, 3.8) is 0 Å². The molecular formula is C24H28FN3O5. The van der Waals surface area contributed by atoms with E-state index in [9.17, 15) is 9.18 Å². The number of primary amides is 1. The Bertz CT molecular complexity index is 1150. The zero-order valence-corrected chi connectivity index (χ0v) is 19.1. The summed E-state index contributed by atoms with van der Waals surface area (Å²) in [6.07, 6.45) is -0.980. The monoisotopic (exact) mass is 457 g/mol. The van der Waals surface area contributed by atoms with E-state index in [1.54, 1.807) is 46.1 Å². The van der Waals surface area contributed by atoms with Crippen LogP contribution in [0.3, 0.4) is 0 Å². The van der Waals surface area contributed by atoms with E-state index in [1.807, 2.05) is 24.3 Å². The van der Waals surface area contributed by atoms with Gasteiger partial charge in [-0.3, -0.25) is 0 Å². The molecule has 1 heterocycles. The lowest BCUT2D eigenvalue weighted by atomic mass is 9.92. The van der Waals surface area contributed by atoms with Crippen molar-refractivity contribution < 1.29 is 27.8 Å². The molecule has 0 bridgehead atoms. The van der Waals surface area contributed by atoms with E-state index in [-0.39, 0.29) is 18.8 Å². The number of oxazole rings is 1. The van der Waals surface area contributed by atoms with Crippen LogP contribution in [0.4, 0.5) is 15.2 Å². The number of hydrogen-bond acceptors (Lipinski definition) is 7. The normalized spacial score (nSPS) is 12.3. The predicted molar refractivity (Wildman–Crippen MR) is 123 cm³/mol. The number of hydrogen-bond donors (Lipinski definition) is 2. The minimum Gasteiger partial charge on any atom is -0.497 e. The number of fused-ring (bicyclic) bond motifs is 1.